The van der Waals surface area contributed by atoms with Gasteiger partial charge in [-0.05, 0) is 36.4 Å². The topological polar surface area (TPSA) is 43.4 Å². The molecule has 0 aromatic heterocycles. The first kappa shape index (κ1) is 12.9. The van der Waals surface area contributed by atoms with Crippen molar-refractivity contribution in [2.75, 3.05) is 0 Å². The van der Waals surface area contributed by atoms with Gasteiger partial charge in [-0.2, -0.15) is 8.42 Å². The third kappa shape index (κ3) is 3.00. The Morgan fingerprint density at radius 1 is 1.06 bits per heavy atom. The van der Waals surface area contributed by atoms with Crippen LogP contribution in [-0.4, -0.2) is 8.42 Å². The maximum Gasteiger partial charge on any atom is 0.339 e. The second kappa shape index (κ2) is 4.96. The lowest BCUT2D eigenvalue weighted by atomic mass is 10.3. The van der Waals surface area contributed by atoms with E-state index in [-0.39, 0.29) is 10.6 Å². The first-order chi connectivity index (χ1) is 8.47. The van der Waals surface area contributed by atoms with Crippen molar-refractivity contribution in [3.8, 4) is 5.75 Å². The first-order valence-corrected chi connectivity index (χ1v) is 6.72. The van der Waals surface area contributed by atoms with Crippen LogP contribution in [-0.2, 0) is 10.1 Å². The van der Waals surface area contributed by atoms with Gasteiger partial charge in [-0.15, -0.1) is 0 Å². The van der Waals surface area contributed by atoms with Gasteiger partial charge in [0.1, 0.15) is 16.5 Å². The van der Waals surface area contributed by atoms with Gasteiger partial charge in [-0.25, -0.2) is 4.39 Å². The quantitative estimate of drug-likeness (QED) is 0.814. The lowest BCUT2D eigenvalue weighted by Crippen LogP contribution is -2.09. The highest BCUT2D eigenvalue weighted by molar-refractivity contribution is 7.87. The molecule has 0 bridgehead atoms. The molecule has 6 heteroatoms. The summed E-state index contributed by atoms with van der Waals surface area (Å²) in [4.78, 5) is -0.0452. The van der Waals surface area contributed by atoms with Crippen LogP contribution in [0.1, 0.15) is 0 Å². The van der Waals surface area contributed by atoms with Gasteiger partial charge in [0.15, 0.2) is 0 Å². The number of hydrogen-bond donors (Lipinski definition) is 0. The van der Waals surface area contributed by atoms with Gasteiger partial charge in [0.05, 0.1) is 0 Å². The summed E-state index contributed by atoms with van der Waals surface area (Å²) in [5.74, 6) is -0.649. The zero-order valence-corrected chi connectivity index (χ0v) is 10.6. The Bertz CT molecular complexity index is 653. The zero-order chi connectivity index (χ0) is 13.2. The summed E-state index contributed by atoms with van der Waals surface area (Å²) in [5, 5.41) is 0.416. The summed E-state index contributed by atoms with van der Waals surface area (Å²) in [7, 11) is -3.97. The van der Waals surface area contributed by atoms with Crippen molar-refractivity contribution in [1.29, 1.82) is 0 Å². The van der Waals surface area contributed by atoms with Crippen molar-refractivity contribution in [2.45, 2.75) is 4.90 Å². The number of hydrogen-bond acceptors (Lipinski definition) is 3. The molecule has 2 aromatic carbocycles. The third-order valence-electron chi connectivity index (χ3n) is 2.10. The lowest BCUT2D eigenvalue weighted by Gasteiger charge is -2.06. The van der Waals surface area contributed by atoms with Crippen LogP contribution in [0.5, 0.6) is 5.75 Å². The van der Waals surface area contributed by atoms with E-state index in [4.69, 9.17) is 15.8 Å². The van der Waals surface area contributed by atoms with Crippen LogP contribution < -0.4 is 4.18 Å². The molecule has 94 valence electrons. The summed E-state index contributed by atoms with van der Waals surface area (Å²) in [5.41, 5.74) is 0. The third-order valence-corrected chi connectivity index (χ3v) is 3.62. The minimum atomic E-state index is -3.97. The van der Waals surface area contributed by atoms with E-state index in [1.165, 1.54) is 42.5 Å². The molecule has 3 nitrogen and oxygen atoms in total. The van der Waals surface area contributed by atoms with Gasteiger partial charge >= 0.3 is 10.1 Å². The van der Waals surface area contributed by atoms with Crippen LogP contribution in [0.4, 0.5) is 4.39 Å². The summed E-state index contributed by atoms with van der Waals surface area (Å²) in [6.07, 6.45) is 0. The molecule has 0 atom stereocenters. The SMILES string of the molecule is O=S(=O)(Oc1cccc(F)c1)c1ccc(Cl)cc1. The van der Waals surface area contributed by atoms with Crippen LogP contribution >= 0.6 is 11.6 Å². The largest absolute Gasteiger partial charge is 0.379 e. The summed E-state index contributed by atoms with van der Waals surface area (Å²) in [6.45, 7) is 0. The van der Waals surface area contributed by atoms with Gasteiger partial charge in [0.25, 0.3) is 0 Å². The predicted molar refractivity (Wildman–Crippen MR) is 65.7 cm³/mol. The second-order valence-electron chi connectivity index (χ2n) is 3.45. The number of rotatable bonds is 3. The average molecular weight is 287 g/mol. The van der Waals surface area contributed by atoms with Crippen LogP contribution in [0.25, 0.3) is 0 Å². The van der Waals surface area contributed by atoms with Gasteiger partial charge < -0.3 is 4.18 Å². The van der Waals surface area contributed by atoms with E-state index in [1.54, 1.807) is 0 Å². The Balaban J connectivity index is 2.30. The average Bonchev–Trinajstić information content (AvgIpc) is 2.29. The molecule has 0 saturated heterocycles. The van der Waals surface area contributed by atoms with E-state index in [1.807, 2.05) is 0 Å². The molecule has 18 heavy (non-hydrogen) atoms. The molecule has 2 rings (SSSR count). The molecule has 0 heterocycles. The number of benzene rings is 2. The lowest BCUT2D eigenvalue weighted by molar-refractivity contribution is 0.483. The fourth-order valence-corrected chi connectivity index (χ4v) is 2.34. The molecule has 0 radical (unpaired) electrons. The Hall–Kier alpha value is -1.59. The highest BCUT2D eigenvalue weighted by Crippen LogP contribution is 2.20. The molecule has 0 aliphatic carbocycles. The smallest absolute Gasteiger partial charge is 0.339 e. The van der Waals surface area contributed by atoms with Crippen molar-refractivity contribution < 1.29 is 17.0 Å². The fourth-order valence-electron chi connectivity index (χ4n) is 1.29. The number of halogens is 2. The Labute approximate surface area is 109 Å². The molecular formula is C12H8ClFO3S. The van der Waals surface area contributed by atoms with Crippen LogP contribution in [0.15, 0.2) is 53.4 Å². The van der Waals surface area contributed by atoms with Crippen molar-refractivity contribution in [1.82, 2.24) is 0 Å². The van der Waals surface area contributed by atoms with E-state index in [0.29, 0.717) is 5.02 Å². The van der Waals surface area contributed by atoms with Crippen LogP contribution in [0.2, 0.25) is 5.02 Å². The molecule has 0 spiro atoms. The highest BCUT2D eigenvalue weighted by Gasteiger charge is 2.16. The molecule has 2 aromatic rings. The second-order valence-corrected chi connectivity index (χ2v) is 5.43. The standard InChI is InChI=1S/C12H8ClFO3S/c13-9-4-6-12(7-5-9)18(15,16)17-11-3-1-2-10(14)8-11/h1-8H. The van der Waals surface area contributed by atoms with E-state index in [9.17, 15) is 12.8 Å². The van der Waals surface area contributed by atoms with E-state index >= 15 is 0 Å². The molecule has 0 fully saturated rings. The maximum atomic E-state index is 12.9. The predicted octanol–water partition coefficient (Wildman–Crippen LogP) is 3.25. The molecular weight excluding hydrogens is 279 g/mol. The van der Waals surface area contributed by atoms with E-state index < -0.39 is 15.9 Å². The van der Waals surface area contributed by atoms with Crippen molar-refractivity contribution in [3.63, 3.8) is 0 Å². The van der Waals surface area contributed by atoms with Crippen molar-refractivity contribution >= 4 is 21.7 Å². The van der Waals surface area contributed by atoms with E-state index in [0.717, 1.165) is 6.07 Å². The van der Waals surface area contributed by atoms with Crippen molar-refractivity contribution in [2.24, 2.45) is 0 Å². The molecule has 0 aliphatic heterocycles. The minimum absolute atomic E-state index is 0.0452. The van der Waals surface area contributed by atoms with Crippen molar-refractivity contribution in [3.05, 3.63) is 59.4 Å². The molecule has 0 unspecified atom stereocenters. The first-order valence-electron chi connectivity index (χ1n) is 4.93. The van der Waals surface area contributed by atoms with Gasteiger partial charge in [0, 0.05) is 11.1 Å². The summed E-state index contributed by atoms with van der Waals surface area (Å²) >= 11 is 5.66. The van der Waals surface area contributed by atoms with Crippen LogP contribution in [0.3, 0.4) is 0 Å². The Morgan fingerprint density at radius 3 is 2.33 bits per heavy atom. The minimum Gasteiger partial charge on any atom is -0.379 e. The molecule has 0 saturated carbocycles. The molecule has 0 N–H and O–H groups in total. The van der Waals surface area contributed by atoms with Crippen LogP contribution in [0, 0.1) is 5.82 Å². The maximum absolute atomic E-state index is 12.9. The van der Waals surface area contributed by atoms with Gasteiger partial charge in [-0.1, -0.05) is 17.7 Å². The van der Waals surface area contributed by atoms with Gasteiger partial charge in [-0.3, -0.25) is 0 Å². The molecule has 0 aliphatic rings. The Morgan fingerprint density at radius 2 is 1.72 bits per heavy atom. The van der Waals surface area contributed by atoms with E-state index in [2.05, 4.69) is 0 Å². The van der Waals surface area contributed by atoms with Gasteiger partial charge in [0.2, 0.25) is 0 Å². The summed E-state index contributed by atoms with van der Waals surface area (Å²) < 4.78 is 41.4. The Kier molecular flexibility index (Phi) is 3.54. The monoisotopic (exact) mass is 286 g/mol. The zero-order valence-electron chi connectivity index (χ0n) is 9.01. The normalized spacial score (nSPS) is 11.2. The highest BCUT2D eigenvalue weighted by atomic mass is 35.5. The summed E-state index contributed by atoms with van der Waals surface area (Å²) in [6, 6.07) is 10.4. The fraction of sp³-hybridized carbons (Fsp3) is 0. The molecule has 0 amide bonds.